The summed E-state index contributed by atoms with van der Waals surface area (Å²) < 4.78 is 2.33. The fraction of sp³-hybridized carbons (Fsp3) is 0.647. The lowest BCUT2D eigenvalue weighted by molar-refractivity contribution is 0.194. The minimum Gasteiger partial charge on any atom is -0.310 e. The number of imidazole rings is 1. The lowest BCUT2D eigenvalue weighted by Crippen LogP contribution is -2.32. The van der Waals surface area contributed by atoms with Crippen molar-refractivity contribution in [2.45, 2.75) is 45.3 Å². The summed E-state index contributed by atoms with van der Waals surface area (Å²) in [6.07, 6.45) is 4.32. The molecule has 0 amide bonds. The van der Waals surface area contributed by atoms with Gasteiger partial charge in [0.15, 0.2) is 5.65 Å². The van der Waals surface area contributed by atoms with Gasteiger partial charge in [-0.1, -0.05) is 0 Å². The molecule has 1 aliphatic rings. The minimum atomic E-state index is 0.427. The van der Waals surface area contributed by atoms with Crippen LogP contribution in [0.3, 0.4) is 0 Å². The van der Waals surface area contributed by atoms with Crippen LogP contribution in [0, 0.1) is 0 Å². The Morgan fingerprint density at radius 2 is 2.18 bits per heavy atom. The summed E-state index contributed by atoms with van der Waals surface area (Å²) in [5.41, 5.74) is 2.04. The van der Waals surface area contributed by atoms with E-state index < -0.39 is 0 Å². The predicted octanol–water partition coefficient (Wildman–Crippen LogP) is 2.54. The zero-order chi connectivity index (χ0) is 15.7. The van der Waals surface area contributed by atoms with E-state index in [0.29, 0.717) is 12.1 Å². The molecule has 0 bridgehead atoms. The van der Waals surface area contributed by atoms with Gasteiger partial charge in [0.05, 0.1) is 6.04 Å². The van der Waals surface area contributed by atoms with Crippen LogP contribution in [0.25, 0.3) is 11.2 Å². The van der Waals surface area contributed by atoms with Crippen LogP contribution in [0.4, 0.5) is 0 Å². The van der Waals surface area contributed by atoms with Gasteiger partial charge in [-0.05, 0) is 59.5 Å². The number of nitrogens with zero attached hydrogens (tertiary/aromatic N) is 5. The highest BCUT2D eigenvalue weighted by Crippen LogP contribution is 2.34. The molecule has 1 atom stereocenters. The summed E-state index contributed by atoms with van der Waals surface area (Å²) >= 11 is 0. The maximum atomic E-state index is 4.95. The summed E-state index contributed by atoms with van der Waals surface area (Å²) in [4.78, 5) is 14.3. The van der Waals surface area contributed by atoms with Crippen LogP contribution in [0.5, 0.6) is 0 Å². The molecule has 0 radical (unpaired) electrons. The fourth-order valence-corrected chi connectivity index (χ4v) is 3.44. The Labute approximate surface area is 132 Å². The summed E-state index contributed by atoms with van der Waals surface area (Å²) in [7, 11) is 4.23. The summed E-state index contributed by atoms with van der Waals surface area (Å²) in [6, 6.07) is 5.04. The highest BCUT2D eigenvalue weighted by Gasteiger charge is 2.32. The Morgan fingerprint density at radius 3 is 2.91 bits per heavy atom. The highest BCUT2D eigenvalue weighted by molar-refractivity contribution is 5.71. The van der Waals surface area contributed by atoms with Crippen molar-refractivity contribution in [3.63, 3.8) is 0 Å². The molecule has 3 rings (SSSR count). The van der Waals surface area contributed by atoms with Crippen molar-refractivity contribution in [3.8, 4) is 0 Å². The molecule has 0 aliphatic carbocycles. The van der Waals surface area contributed by atoms with Gasteiger partial charge in [-0.15, -0.1) is 0 Å². The smallest absolute Gasteiger partial charge is 0.160 e. The molecule has 5 nitrogen and oxygen atoms in total. The number of rotatable bonds is 5. The average molecular weight is 301 g/mol. The van der Waals surface area contributed by atoms with Crippen LogP contribution < -0.4 is 0 Å². The number of aromatic nitrogens is 3. The van der Waals surface area contributed by atoms with E-state index in [2.05, 4.69) is 53.4 Å². The molecule has 1 fully saturated rings. The monoisotopic (exact) mass is 301 g/mol. The number of pyridine rings is 1. The van der Waals surface area contributed by atoms with Gasteiger partial charge in [-0.2, -0.15) is 0 Å². The molecule has 5 heteroatoms. The largest absolute Gasteiger partial charge is 0.310 e. The van der Waals surface area contributed by atoms with Gasteiger partial charge in [-0.3, -0.25) is 4.90 Å². The van der Waals surface area contributed by atoms with Crippen LogP contribution >= 0.6 is 0 Å². The Balaban J connectivity index is 2.02. The third kappa shape index (κ3) is 2.88. The van der Waals surface area contributed by atoms with Gasteiger partial charge in [0.2, 0.25) is 0 Å². The van der Waals surface area contributed by atoms with Crippen molar-refractivity contribution >= 4 is 11.2 Å². The van der Waals surface area contributed by atoms with Gasteiger partial charge in [0, 0.05) is 25.3 Å². The molecule has 2 aromatic heterocycles. The van der Waals surface area contributed by atoms with Crippen molar-refractivity contribution in [2.24, 2.45) is 0 Å². The Bertz CT molecular complexity index is 631. The van der Waals surface area contributed by atoms with Crippen LogP contribution in [0.15, 0.2) is 18.3 Å². The first-order valence-corrected chi connectivity index (χ1v) is 8.29. The second-order valence-corrected chi connectivity index (χ2v) is 6.76. The van der Waals surface area contributed by atoms with Crippen molar-refractivity contribution < 1.29 is 0 Å². The molecule has 0 saturated carbocycles. The maximum absolute atomic E-state index is 4.95. The van der Waals surface area contributed by atoms with Crippen LogP contribution in [0.2, 0.25) is 0 Å². The molecule has 22 heavy (non-hydrogen) atoms. The standard InChI is InChI=1S/C17H27N5/c1-13(2)21-10-6-8-15(21)17-19-14-7-5-9-18-16(14)22(17)12-11-20(3)4/h5,7,9,13,15H,6,8,10-12H2,1-4H3. The fourth-order valence-electron chi connectivity index (χ4n) is 3.44. The maximum Gasteiger partial charge on any atom is 0.160 e. The van der Waals surface area contributed by atoms with E-state index in [1.807, 2.05) is 12.3 Å². The summed E-state index contributed by atoms with van der Waals surface area (Å²) in [6.45, 7) is 7.68. The van der Waals surface area contributed by atoms with E-state index in [9.17, 15) is 0 Å². The predicted molar refractivity (Wildman–Crippen MR) is 89.9 cm³/mol. The number of hydrogen-bond donors (Lipinski definition) is 0. The normalized spacial score (nSPS) is 19.8. The molecule has 3 heterocycles. The Kier molecular flexibility index (Phi) is 4.45. The zero-order valence-corrected chi connectivity index (χ0v) is 14.2. The summed E-state index contributed by atoms with van der Waals surface area (Å²) in [5, 5.41) is 0. The first-order valence-electron chi connectivity index (χ1n) is 8.29. The topological polar surface area (TPSA) is 37.2 Å². The Hall–Kier alpha value is -1.46. The third-order valence-corrected chi connectivity index (χ3v) is 4.56. The van der Waals surface area contributed by atoms with Crippen LogP contribution in [0.1, 0.15) is 38.6 Å². The molecule has 0 N–H and O–H groups in total. The highest BCUT2D eigenvalue weighted by atomic mass is 15.3. The molecular formula is C17H27N5. The zero-order valence-electron chi connectivity index (χ0n) is 14.2. The second kappa shape index (κ2) is 6.34. The van der Waals surface area contributed by atoms with Gasteiger partial charge in [0.25, 0.3) is 0 Å². The number of hydrogen-bond acceptors (Lipinski definition) is 4. The summed E-state index contributed by atoms with van der Waals surface area (Å²) in [5.74, 6) is 1.20. The first kappa shape index (κ1) is 15.4. The molecule has 1 unspecified atom stereocenters. The molecule has 1 aliphatic heterocycles. The lowest BCUT2D eigenvalue weighted by Gasteiger charge is -2.28. The first-order chi connectivity index (χ1) is 10.6. The minimum absolute atomic E-state index is 0.427. The van der Waals surface area contributed by atoms with Crippen molar-refractivity contribution in [2.75, 3.05) is 27.2 Å². The third-order valence-electron chi connectivity index (χ3n) is 4.56. The van der Waals surface area contributed by atoms with Gasteiger partial charge in [-0.25, -0.2) is 9.97 Å². The van der Waals surface area contributed by atoms with E-state index in [4.69, 9.17) is 4.98 Å². The van der Waals surface area contributed by atoms with E-state index in [-0.39, 0.29) is 0 Å². The molecule has 2 aromatic rings. The van der Waals surface area contributed by atoms with Crippen molar-refractivity contribution in [1.82, 2.24) is 24.3 Å². The van der Waals surface area contributed by atoms with Crippen LogP contribution in [-0.2, 0) is 6.54 Å². The lowest BCUT2D eigenvalue weighted by atomic mass is 10.2. The average Bonchev–Trinajstić information content (AvgIpc) is 3.09. The van der Waals surface area contributed by atoms with Gasteiger partial charge in [0.1, 0.15) is 11.3 Å². The van der Waals surface area contributed by atoms with E-state index in [0.717, 1.165) is 24.3 Å². The van der Waals surface area contributed by atoms with Gasteiger partial charge >= 0.3 is 0 Å². The SMILES string of the molecule is CC(C)N1CCCC1c1nc2cccnc2n1CCN(C)C. The second-order valence-electron chi connectivity index (χ2n) is 6.76. The van der Waals surface area contributed by atoms with Crippen molar-refractivity contribution in [3.05, 3.63) is 24.2 Å². The Morgan fingerprint density at radius 1 is 1.36 bits per heavy atom. The molecule has 120 valence electrons. The number of likely N-dealkylation sites (tertiary alicyclic amines) is 1. The van der Waals surface area contributed by atoms with Crippen LogP contribution in [-0.4, -0.2) is 57.6 Å². The van der Waals surface area contributed by atoms with Crippen molar-refractivity contribution in [1.29, 1.82) is 0 Å². The molecule has 0 spiro atoms. The van der Waals surface area contributed by atoms with E-state index in [1.54, 1.807) is 0 Å². The van der Waals surface area contributed by atoms with Gasteiger partial charge < -0.3 is 9.47 Å². The molecular weight excluding hydrogens is 274 g/mol. The quantitative estimate of drug-likeness (QED) is 0.850. The molecule has 1 saturated heterocycles. The number of fused-ring (bicyclic) bond motifs is 1. The number of likely N-dealkylation sites (N-methyl/N-ethyl adjacent to an activating group) is 1. The molecule has 0 aromatic carbocycles. The van der Waals surface area contributed by atoms with E-state index >= 15 is 0 Å². The van der Waals surface area contributed by atoms with E-state index in [1.165, 1.54) is 25.2 Å².